The van der Waals surface area contributed by atoms with Crippen molar-refractivity contribution in [3.05, 3.63) is 52.0 Å². The molecule has 0 spiro atoms. The standard InChI is InChI=1S/C21H27N3O3S/c1-5-24(12-20(25)22-15(2)3)21(26)11-10-17-8-6-7-9-19(17)27-13-18-14-28-16(4)23-18/h6-11,14-15H,5,12-13H2,1-4H3,(H,22,25)/b11-10+. The van der Waals surface area contributed by atoms with Crippen molar-refractivity contribution < 1.29 is 14.3 Å². The predicted octanol–water partition coefficient (Wildman–Crippen LogP) is 3.42. The van der Waals surface area contributed by atoms with E-state index >= 15 is 0 Å². The molecule has 2 aromatic rings. The summed E-state index contributed by atoms with van der Waals surface area (Å²) in [5, 5.41) is 5.77. The van der Waals surface area contributed by atoms with Gasteiger partial charge < -0.3 is 15.0 Å². The summed E-state index contributed by atoms with van der Waals surface area (Å²) >= 11 is 1.58. The molecule has 0 saturated carbocycles. The number of nitrogens with zero attached hydrogens (tertiary/aromatic N) is 2. The molecule has 2 rings (SSSR count). The maximum absolute atomic E-state index is 12.5. The zero-order chi connectivity index (χ0) is 20.5. The van der Waals surface area contributed by atoms with E-state index in [1.54, 1.807) is 17.4 Å². The second-order valence-corrected chi connectivity index (χ2v) is 7.65. The van der Waals surface area contributed by atoms with Crippen LogP contribution >= 0.6 is 11.3 Å². The summed E-state index contributed by atoms with van der Waals surface area (Å²) < 4.78 is 5.87. The van der Waals surface area contributed by atoms with Gasteiger partial charge in [-0.25, -0.2) is 4.98 Å². The van der Waals surface area contributed by atoms with Crippen LogP contribution in [0, 0.1) is 6.92 Å². The van der Waals surface area contributed by atoms with E-state index in [4.69, 9.17) is 4.74 Å². The van der Waals surface area contributed by atoms with E-state index in [1.807, 2.05) is 57.3 Å². The fourth-order valence-corrected chi connectivity index (χ4v) is 3.13. The number of hydrogen-bond acceptors (Lipinski definition) is 5. The molecule has 0 radical (unpaired) electrons. The van der Waals surface area contributed by atoms with Crippen molar-refractivity contribution >= 4 is 29.2 Å². The van der Waals surface area contributed by atoms with Crippen molar-refractivity contribution in [1.29, 1.82) is 0 Å². The Hall–Kier alpha value is -2.67. The number of aryl methyl sites for hydroxylation is 1. The number of para-hydroxylation sites is 1. The molecule has 150 valence electrons. The highest BCUT2D eigenvalue weighted by atomic mass is 32.1. The summed E-state index contributed by atoms with van der Waals surface area (Å²) in [5.41, 5.74) is 1.68. The van der Waals surface area contributed by atoms with Gasteiger partial charge in [-0.2, -0.15) is 0 Å². The van der Waals surface area contributed by atoms with Crippen LogP contribution in [0.2, 0.25) is 0 Å². The van der Waals surface area contributed by atoms with Gasteiger partial charge in [0.15, 0.2) is 0 Å². The molecule has 1 heterocycles. The van der Waals surface area contributed by atoms with E-state index < -0.39 is 0 Å². The molecule has 6 nitrogen and oxygen atoms in total. The lowest BCUT2D eigenvalue weighted by molar-refractivity contribution is -0.132. The van der Waals surface area contributed by atoms with Crippen LogP contribution in [0.25, 0.3) is 6.08 Å². The highest BCUT2D eigenvalue weighted by molar-refractivity contribution is 7.09. The van der Waals surface area contributed by atoms with Crippen LogP contribution < -0.4 is 10.1 Å². The van der Waals surface area contributed by atoms with Gasteiger partial charge in [-0.15, -0.1) is 11.3 Å². The van der Waals surface area contributed by atoms with Crippen molar-refractivity contribution in [2.45, 2.75) is 40.3 Å². The number of carbonyl (C=O) groups is 2. The van der Waals surface area contributed by atoms with Crippen molar-refractivity contribution in [1.82, 2.24) is 15.2 Å². The van der Waals surface area contributed by atoms with Gasteiger partial charge in [0.2, 0.25) is 11.8 Å². The molecule has 1 N–H and O–H groups in total. The average molecular weight is 402 g/mol. The van der Waals surface area contributed by atoms with Crippen LogP contribution in [-0.4, -0.2) is 40.8 Å². The van der Waals surface area contributed by atoms with Crippen LogP contribution in [0.4, 0.5) is 0 Å². The molecule has 28 heavy (non-hydrogen) atoms. The number of carbonyl (C=O) groups excluding carboxylic acids is 2. The van der Waals surface area contributed by atoms with Crippen molar-refractivity contribution in [2.24, 2.45) is 0 Å². The molecule has 0 fully saturated rings. The van der Waals surface area contributed by atoms with E-state index in [0.29, 0.717) is 18.9 Å². The average Bonchev–Trinajstić information content (AvgIpc) is 3.07. The van der Waals surface area contributed by atoms with Gasteiger partial charge in [-0.3, -0.25) is 9.59 Å². The zero-order valence-corrected chi connectivity index (χ0v) is 17.6. The molecule has 1 aromatic carbocycles. The Morgan fingerprint density at radius 2 is 2.07 bits per heavy atom. The fraction of sp³-hybridized carbons (Fsp3) is 0.381. The summed E-state index contributed by atoms with van der Waals surface area (Å²) in [5.74, 6) is 0.296. The van der Waals surface area contributed by atoms with Gasteiger partial charge in [-0.1, -0.05) is 18.2 Å². The lowest BCUT2D eigenvalue weighted by atomic mass is 10.2. The van der Waals surface area contributed by atoms with Gasteiger partial charge in [0, 0.05) is 29.6 Å². The fourth-order valence-electron chi connectivity index (χ4n) is 2.53. The summed E-state index contributed by atoms with van der Waals surface area (Å²) in [7, 11) is 0. The minimum Gasteiger partial charge on any atom is -0.487 e. The number of thiazole rings is 1. The maximum atomic E-state index is 12.5. The first-order valence-corrected chi connectivity index (χ1v) is 10.2. The third kappa shape index (κ3) is 6.81. The van der Waals surface area contributed by atoms with Crippen LogP contribution in [0.1, 0.15) is 37.0 Å². The van der Waals surface area contributed by atoms with E-state index in [-0.39, 0.29) is 24.4 Å². The van der Waals surface area contributed by atoms with Crippen molar-refractivity contribution in [2.75, 3.05) is 13.1 Å². The number of hydrogen-bond donors (Lipinski definition) is 1. The molecule has 0 aliphatic carbocycles. The minimum absolute atomic E-state index is 0.0408. The molecule has 0 aliphatic heterocycles. The van der Waals surface area contributed by atoms with Crippen molar-refractivity contribution in [3.63, 3.8) is 0 Å². The van der Waals surface area contributed by atoms with Crippen LogP contribution in [0.5, 0.6) is 5.75 Å². The van der Waals surface area contributed by atoms with Gasteiger partial charge >= 0.3 is 0 Å². The van der Waals surface area contributed by atoms with E-state index in [1.165, 1.54) is 11.0 Å². The van der Waals surface area contributed by atoms with E-state index in [0.717, 1.165) is 16.3 Å². The first-order valence-electron chi connectivity index (χ1n) is 9.28. The first kappa shape index (κ1) is 21.6. The molecule has 0 atom stereocenters. The van der Waals surface area contributed by atoms with Gasteiger partial charge in [0.25, 0.3) is 0 Å². The topological polar surface area (TPSA) is 71.5 Å². The molecule has 0 saturated heterocycles. The Morgan fingerprint density at radius 3 is 2.71 bits per heavy atom. The number of aromatic nitrogens is 1. The quantitative estimate of drug-likeness (QED) is 0.654. The normalized spacial score (nSPS) is 11.0. The molecule has 2 amide bonds. The SMILES string of the molecule is CCN(CC(=O)NC(C)C)C(=O)/C=C/c1ccccc1OCc1csc(C)n1. The van der Waals surface area contributed by atoms with Crippen molar-refractivity contribution in [3.8, 4) is 5.75 Å². The monoisotopic (exact) mass is 401 g/mol. The number of likely N-dealkylation sites (N-methyl/N-ethyl adjacent to an activating group) is 1. The van der Waals surface area contributed by atoms with Crippen LogP contribution in [0.3, 0.4) is 0 Å². The summed E-state index contributed by atoms with van der Waals surface area (Å²) in [4.78, 5) is 30.3. The Morgan fingerprint density at radius 1 is 1.32 bits per heavy atom. The minimum atomic E-state index is -0.216. The number of ether oxygens (including phenoxy) is 1. The zero-order valence-electron chi connectivity index (χ0n) is 16.8. The Labute approximate surface area is 170 Å². The van der Waals surface area contributed by atoms with E-state index in [2.05, 4.69) is 10.3 Å². The predicted molar refractivity (Wildman–Crippen MR) is 112 cm³/mol. The van der Waals surface area contributed by atoms with Crippen LogP contribution in [0.15, 0.2) is 35.7 Å². The summed E-state index contributed by atoms with van der Waals surface area (Å²) in [6.07, 6.45) is 3.19. The molecule has 7 heteroatoms. The van der Waals surface area contributed by atoms with Crippen LogP contribution in [-0.2, 0) is 16.2 Å². The molecule has 1 aromatic heterocycles. The molecular formula is C21H27N3O3S. The van der Waals surface area contributed by atoms with E-state index in [9.17, 15) is 9.59 Å². The summed E-state index contributed by atoms with van der Waals surface area (Å²) in [6.45, 7) is 8.45. The molecular weight excluding hydrogens is 374 g/mol. The highest BCUT2D eigenvalue weighted by Gasteiger charge is 2.14. The smallest absolute Gasteiger partial charge is 0.247 e. The largest absolute Gasteiger partial charge is 0.487 e. The highest BCUT2D eigenvalue weighted by Crippen LogP contribution is 2.21. The lowest BCUT2D eigenvalue weighted by Crippen LogP contribution is -2.42. The van der Waals surface area contributed by atoms with Gasteiger partial charge in [0.05, 0.1) is 17.2 Å². The Balaban J connectivity index is 2.01. The number of rotatable bonds is 9. The second-order valence-electron chi connectivity index (χ2n) is 6.59. The second kappa shape index (κ2) is 10.6. The molecule has 0 unspecified atom stereocenters. The summed E-state index contributed by atoms with van der Waals surface area (Å²) in [6, 6.07) is 7.56. The third-order valence-corrected chi connectivity index (χ3v) is 4.67. The molecule has 0 bridgehead atoms. The van der Waals surface area contributed by atoms with Gasteiger partial charge in [0.1, 0.15) is 12.4 Å². The Bertz CT molecular complexity index is 830. The van der Waals surface area contributed by atoms with Gasteiger partial charge in [-0.05, 0) is 39.8 Å². The number of benzene rings is 1. The Kier molecular flexibility index (Phi) is 8.19. The number of nitrogens with one attached hydrogen (secondary N) is 1. The lowest BCUT2D eigenvalue weighted by Gasteiger charge is -2.19. The number of amides is 2. The first-order chi connectivity index (χ1) is 13.4. The third-order valence-electron chi connectivity index (χ3n) is 3.84. The maximum Gasteiger partial charge on any atom is 0.247 e. The molecule has 0 aliphatic rings.